The first kappa shape index (κ1) is 21.8. The first-order valence-corrected chi connectivity index (χ1v) is 15.3. The van der Waals surface area contributed by atoms with Crippen molar-refractivity contribution < 1.29 is 0 Å². The maximum atomic E-state index is 2.34. The summed E-state index contributed by atoms with van der Waals surface area (Å²) < 4.78 is 0. The second kappa shape index (κ2) is 18.0. The zero-order chi connectivity index (χ0) is 11.4. The minimum atomic E-state index is -0.403. The Labute approximate surface area is 118 Å². The van der Waals surface area contributed by atoms with Gasteiger partial charge in [0.2, 0.25) is 0 Å². The summed E-state index contributed by atoms with van der Waals surface area (Å²) in [7, 11) is 0. The van der Waals surface area contributed by atoms with Crippen molar-refractivity contribution in [2.45, 2.75) is 73.1 Å². The molecule has 0 aromatic carbocycles. The van der Waals surface area contributed by atoms with E-state index < -0.39 is 28.7 Å². The molecule has 0 fully saturated rings. The molecule has 0 unspecified atom stereocenters. The van der Waals surface area contributed by atoms with Gasteiger partial charge in [0, 0.05) is 17.1 Å². The summed E-state index contributed by atoms with van der Waals surface area (Å²) in [6.07, 6.45) is 0. The predicted octanol–water partition coefficient (Wildman–Crippen LogP) is 4.70. The molecule has 0 aromatic rings. The molecule has 0 rings (SSSR count). The van der Waals surface area contributed by atoms with Crippen LogP contribution in [0.15, 0.2) is 0 Å². The molecule has 0 saturated heterocycles. The summed E-state index contributed by atoms with van der Waals surface area (Å²) in [5.41, 5.74) is 0. The number of rotatable bonds is 6. The quantitative estimate of drug-likeness (QED) is 0.569. The van der Waals surface area contributed by atoms with Gasteiger partial charge in [-0.3, -0.25) is 0 Å². The Morgan fingerprint density at radius 1 is 0.467 bits per heavy atom. The average Bonchev–Trinajstić information content (AvgIpc) is 2.24. The van der Waals surface area contributed by atoms with Gasteiger partial charge in [-0.05, 0) is 0 Å². The number of hydrogen-bond donors (Lipinski definition) is 0. The fourth-order valence-electron chi connectivity index (χ4n) is 1.50. The van der Waals surface area contributed by atoms with E-state index in [9.17, 15) is 0 Å². The standard InChI is InChI=1S/2C6H15Ge.Se/c2*1-4-7(5-2)6-3;/h2*4-6H2,1-3H3;. The molecule has 0 aliphatic heterocycles. The van der Waals surface area contributed by atoms with Crippen molar-refractivity contribution in [1.29, 1.82) is 0 Å². The van der Waals surface area contributed by atoms with E-state index in [0.717, 1.165) is 0 Å². The number of hydrogen-bond acceptors (Lipinski definition) is 0. The van der Waals surface area contributed by atoms with Crippen molar-refractivity contribution in [1.82, 2.24) is 0 Å². The molecule has 92 valence electrons. The van der Waals surface area contributed by atoms with Gasteiger partial charge in [0.1, 0.15) is 0 Å². The molecule has 0 aliphatic rings. The Kier molecular flexibility index (Phi) is 26.2. The van der Waals surface area contributed by atoms with Crippen molar-refractivity contribution in [3.63, 3.8) is 0 Å². The molecule has 0 atom stereocenters. The molecule has 0 spiro atoms. The van der Waals surface area contributed by atoms with Gasteiger partial charge in [0.05, 0.1) is 0 Å². The molecule has 0 bridgehead atoms. The van der Waals surface area contributed by atoms with Gasteiger partial charge >= 0.3 is 102 Å². The average molecular weight is 399 g/mol. The van der Waals surface area contributed by atoms with Gasteiger partial charge in [0.25, 0.3) is 0 Å². The van der Waals surface area contributed by atoms with Gasteiger partial charge in [-0.1, -0.05) is 0 Å². The zero-order valence-electron chi connectivity index (χ0n) is 11.7. The Hall–Kier alpha value is 1.61. The van der Waals surface area contributed by atoms with E-state index in [-0.39, 0.29) is 17.1 Å². The fraction of sp³-hybridized carbons (Fsp3) is 1.00. The second-order valence-corrected chi connectivity index (χ2v) is 18.8. The summed E-state index contributed by atoms with van der Waals surface area (Å²) in [5.74, 6) is 0. The maximum absolute atomic E-state index is 2.34. The minimum Gasteiger partial charge on any atom is 0 e. The van der Waals surface area contributed by atoms with E-state index in [2.05, 4.69) is 41.5 Å². The van der Waals surface area contributed by atoms with E-state index in [0.29, 0.717) is 0 Å². The first-order chi connectivity index (χ1) is 6.69. The van der Waals surface area contributed by atoms with Gasteiger partial charge in [-0.15, -0.1) is 0 Å². The van der Waals surface area contributed by atoms with Crippen LogP contribution in [0.3, 0.4) is 0 Å². The van der Waals surface area contributed by atoms with Crippen molar-refractivity contribution in [3.05, 3.63) is 0 Å². The second-order valence-electron chi connectivity index (χ2n) is 3.62. The minimum absolute atomic E-state index is 0. The summed E-state index contributed by atoms with van der Waals surface area (Å²) in [6.45, 7) is 14.0. The monoisotopic (exact) mass is 402 g/mol. The van der Waals surface area contributed by atoms with Crippen LogP contribution in [0.5, 0.6) is 0 Å². The SMILES string of the molecule is C[CH2][Ge]([CH2]C)[CH2]C.C[CH2][Ge]([CH2]C)[CH2]C.[Se]. The van der Waals surface area contributed by atoms with Crippen LogP contribution in [-0.2, 0) is 0 Å². The molecule has 0 saturated carbocycles. The van der Waals surface area contributed by atoms with E-state index in [1.54, 1.807) is 0 Å². The molecule has 0 N–H and O–H groups in total. The molecule has 0 amide bonds. The largest absolute Gasteiger partial charge is 0 e. The summed E-state index contributed by atoms with van der Waals surface area (Å²) >= 11 is -0.806. The Balaban J connectivity index is -0.000000180. The molecule has 0 aliphatic carbocycles. The molecule has 3 heteroatoms. The normalized spacial score (nSPS) is 9.60. The third-order valence-electron chi connectivity index (χ3n) is 3.00. The molecule has 4 radical (unpaired) electrons. The molecule has 0 aromatic heterocycles. The van der Waals surface area contributed by atoms with Crippen LogP contribution < -0.4 is 0 Å². The van der Waals surface area contributed by atoms with Crippen LogP contribution in [0.4, 0.5) is 0 Å². The van der Waals surface area contributed by atoms with Crippen LogP contribution in [0, 0.1) is 0 Å². The van der Waals surface area contributed by atoms with Gasteiger partial charge in [0.15, 0.2) is 0 Å². The smallest absolute Gasteiger partial charge is 0 e. The molecule has 0 heterocycles. The van der Waals surface area contributed by atoms with Gasteiger partial charge in [-0.2, -0.15) is 0 Å². The van der Waals surface area contributed by atoms with Crippen molar-refractivity contribution in [2.24, 2.45) is 0 Å². The van der Waals surface area contributed by atoms with Crippen LogP contribution in [0.1, 0.15) is 41.5 Å². The third-order valence-corrected chi connectivity index (χ3v) is 15.6. The Morgan fingerprint density at radius 2 is 0.600 bits per heavy atom. The van der Waals surface area contributed by atoms with E-state index >= 15 is 0 Å². The van der Waals surface area contributed by atoms with E-state index in [4.69, 9.17) is 0 Å². The molecule has 0 nitrogen and oxygen atoms in total. The van der Waals surface area contributed by atoms with E-state index in [1.807, 2.05) is 0 Å². The first-order valence-electron chi connectivity index (χ1n) is 6.36. The molecular weight excluding hydrogens is 368 g/mol. The molecule has 15 heavy (non-hydrogen) atoms. The van der Waals surface area contributed by atoms with Crippen molar-refractivity contribution in [3.8, 4) is 0 Å². The van der Waals surface area contributed by atoms with Crippen LogP contribution in [0.25, 0.3) is 0 Å². The van der Waals surface area contributed by atoms with Gasteiger partial charge < -0.3 is 0 Å². The summed E-state index contributed by atoms with van der Waals surface area (Å²) in [4.78, 5) is 0. The zero-order valence-corrected chi connectivity index (χ0v) is 17.6. The van der Waals surface area contributed by atoms with Crippen molar-refractivity contribution >= 4 is 45.8 Å². The van der Waals surface area contributed by atoms with Crippen LogP contribution >= 0.6 is 0 Å². The predicted molar refractivity (Wildman–Crippen MR) is 80.1 cm³/mol. The summed E-state index contributed by atoms with van der Waals surface area (Å²) in [5, 5.41) is 9.12. The Bertz CT molecular complexity index is 68.6. The summed E-state index contributed by atoms with van der Waals surface area (Å²) in [6, 6.07) is 0. The Morgan fingerprint density at radius 3 is 0.600 bits per heavy atom. The fourth-order valence-corrected chi connectivity index (χ4v) is 7.79. The van der Waals surface area contributed by atoms with Crippen LogP contribution in [-0.4, -0.2) is 45.8 Å². The van der Waals surface area contributed by atoms with Gasteiger partial charge in [-0.25, -0.2) is 0 Å². The van der Waals surface area contributed by atoms with E-state index in [1.165, 1.54) is 31.5 Å². The third kappa shape index (κ3) is 15.6. The van der Waals surface area contributed by atoms with Crippen molar-refractivity contribution in [2.75, 3.05) is 0 Å². The van der Waals surface area contributed by atoms with Crippen LogP contribution in [0.2, 0.25) is 31.5 Å². The topological polar surface area (TPSA) is 0 Å². The maximum Gasteiger partial charge on any atom is 0 e. The molecular formula is C12H30Ge2Se.